The Kier molecular flexibility index (Phi) is 2.86. The minimum atomic E-state index is 0.114. The van der Waals surface area contributed by atoms with Crippen LogP contribution < -0.4 is 5.73 Å². The molecule has 5 nitrogen and oxygen atoms in total. The van der Waals surface area contributed by atoms with Crippen LogP contribution in [-0.4, -0.2) is 14.8 Å². The van der Waals surface area contributed by atoms with Crippen molar-refractivity contribution in [1.29, 1.82) is 5.26 Å². The quantitative estimate of drug-likeness (QED) is 0.847. The van der Waals surface area contributed by atoms with E-state index in [0.717, 1.165) is 11.3 Å². The summed E-state index contributed by atoms with van der Waals surface area (Å²) in [5.41, 5.74) is 7.24. The second-order valence-corrected chi connectivity index (χ2v) is 3.54. The number of aromatic nitrogens is 3. The molecule has 0 saturated heterocycles. The van der Waals surface area contributed by atoms with Gasteiger partial charge in [-0.3, -0.25) is 0 Å². The van der Waals surface area contributed by atoms with Gasteiger partial charge >= 0.3 is 0 Å². The normalized spacial score (nSPS) is 10.1. The van der Waals surface area contributed by atoms with Gasteiger partial charge in [0, 0.05) is 11.6 Å². The first-order valence-corrected chi connectivity index (χ1v) is 4.93. The third-order valence-electron chi connectivity index (χ3n) is 2.11. The van der Waals surface area contributed by atoms with Crippen molar-refractivity contribution in [3.05, 3.63) is 40.9 Å². The maximum absolute atomic E-state index is 8.64. The molecule has 0 aliphatic heterocycles. The molecule has 2 aromatic rings. The van der Waals surface area contributed by atoms with Gasteiger partial charge in [-0.15, -0.1) is 5.10 Å². The molecule has 0 aliphatic carbocycles. The first kappa shape index (κ1) is 10.6. The molecule has 0 spiro atoms. The first-order valence-electron chi connectivity index (χ1n) is 4.55. The zero-order chi connectivity index (χ0) is 11.5. The van der Waals surface area contributed by atoms with E-state index >= 15 is 0 Å². The van der Waals surface area contributed by atoms with Crippen LogP contribution in [0.4, 0.5) is 0 Å². The summed E-state index contributed by atoms with van der Waals surface area (Å²) in [6.07, 6.45) is 1.46. The monoisotopic (exact) mass is 233 g/mol. The lowest BCUT2D eigenvalue weighted by Gasteiger charge is -2.07. The summed E-state index contributed by atoms with van der Waals surface area (Å²) >= 11 is 5.90. The molecule has 1 aromatic heterocycles. The van der Waals surface area contributed by atoms with Gasteiger partial charge in [-0.05, 0) is 17.7 Å². The van der Waals surface area contributed by atoms with Crippen LogP contribution in [0.15, 0.2) is 24.5 Å². The van der Waals surface area contributed by atoms with Gasteiger partial charge in [0.2, 0.25) is 0 Å². The minimum absolute atomic E-state index is 0.114. The molecule has 16 heavy (non-hydrogen) atoms. The third-order valence-corrected chi connectivity index (χ3v) is 2.34. The molecule has 2 rings (SSSR count). The highest BCUT2D eigenvalue weighted by atomic mass is 35.5. The third kappa shape index (κ3) is 1.89. The number of nitriles is 1. The molecule has 0 bridgehead atoms. The van der Waals surface area contributed by atoms with Crippen LogP contribution in [0.2, 0.25) is 5.02 Å². The molecular formula is C10H8ClN5. The number of hydrogen-bond donors (Lipinski definition) is 1. The summed E-state index contributed by atoms with van der Waals surface area (Å²) in [4.78, 5) is 3.82. The van der Waals surface area contributed by atoms with E-state index in [-0.39, 0.29) is 5.82 Å². The van der Waals surface area contributed by atoms with Gasteiger partial charge in [-0.2, -0.15) is 5.26 Å². The molecule has 2 N–H and O–H groups in total. The molecule has 0 radical (unpaired) electrons. The Morgan fingerprint density at radius 1 is 1.50 bits per heavy atom. The van der Waals surface area contributed by atoms with E-state index in [1.54, 1.807) is 12.1 Å². The molecule has 1 heterocycles. The molecule has 0 atom stereocenters. The number of hydrogen-bond acceptors (Lipinski definition) is 4. The summed E-state index contributed by atoms with van der Waals surface area (Å²) in [5.74, 6) is 0.114. The van der Waals surface area contributed by atoms with Crippen LogP contribution in [0, 0.1) is 11.3 Å². The number of benzene rings is 1. The number of nitrogens with two attached hydrogens (primary N) is 1. The molecule has 0 unspecified atom stereocenters. The van der Waals surface area contributed by atoms with E-state index in [1.165, 1.54) is 11.0 Å². The van der Waals surface area contributed by atoms with Crippen LogP contribution >= 0.6 is 11.6 Å². The maximum atomic E-state index is 8.64. The highest BCUT2D eigenvalue weighted by molar-refractivity contribution is 6.30. The summed E-state index contributed by atoms with van der Waals surface area (Å²) in [5, 5.41) is 13.2. The summed E-state index contributed by atoms with van der Waals surface area (Å²) < 4.78 is 1.49. The molecule has 0 fully saturated rings. The highest BCUT2D eigenvalue weighted by Crippen LogP contribution is 2.18. The fourth-order valence-electron chi connectivity index (χ4n) is 1.35. The Balaban J connectivity index is 2.54. The van der Waals surface area contributed by atoms with Crippen LogP contribution in [0.5, 0.6) is 0 Å². The van der Waals surface area contributed by atoms with Crippen molar-refractivity contribution in [2.75, 3.05) is 0 Å². The maximum Gasteiger partial charge on any atom is 0.252 e. The molecule has 1 aromatic carbocycles. The predicted molar refractivity (Wildman–Crippen MR) is 59.0 cm³/mol. The molecule has 6 heteroatoms. The number of nitrogens with zero attached hydrogens (tertiary/aromatic N) is 4. The van der Waals surface area contributed by atoms with Crippen LogP contribution in [0.25, 0.3) is 5.69 Å². The van der Waals surface area contributed by atoms with Gasteiger partial charge in [0.25, 0.3) is 5.82 Å². The van der Waals surface area contributed by atoms with Gasteiger partial charge < -0.3 is 5.73 Å². The van der Waals surface area contributed by atoms with Crippen molar-refractivity contribution >= 4 is 11.6 Å². The fourth-order valence-corrected chi connectivity index (χ4v) is 1.52. The van der Waals surface area contributed by atoms with Crippen molar-refractivity contribution in [2.45, 2.75) is 6.54 Å². The Morgan fingerprint density at radius 2 is 2.31 bits per heavy atom. The van der Waals surface area contributed by atoms with Gasteiger partial charge in [-0.25, -0.2) is 9.67 Å². The molecule has 80 valence electrons. The Labute approximate surface area is 97.1 Å². The van der Waals surface area contributed by atoms with Gasteiger partial charge in [0.05, 0.1) is 5.69 Å². The predicted octanol–water partition coefficient (Wildman–Crippen LogP) is 1.25. The largest absolute Gasteiger partial charge is 0.326 e. The smallest absolute Gasteiger partial charge is 0.252 e. The molecule has 0 amide bonds. The van der Waals surface area contributed by atoms with E-state index < -0.39 is 0 Å². The second-order valence-electron chi connectivity index (χ2n) is 3.10. The van der Waals surface area contributed by atoms with E-state index in [1.807, 2.05) is 12.1 Å². The molecular weight excluding hydrogens is 226 g/mol. The lowest BCUT2D eigenvalue weighted by atomic mass is 10.2. The highest BCUT2D eigenvalue weighted by Gasteiger charge is 2.07. The van der Waals surface area contributed by atoms with Crippen molar-refractivity contribution in [1.82, 2.24) is 14.8 Å². The average Bonchev–Trinajstić information content (AvgIpc) is 2.77. The van der Waals surface area contributed by atoms with E-state index in [0.29, 0.717) is 11.6 Å². The van der Waals surface area contributed by atoms with Gasteiger partial charge in [0.1, 0.15) is 12.4 Å². The van der Waals surface area contributed by atoms with Crippen molar-refractivity contribution < 1.29 is 0 Å². The molecule has 0 aliphatic rings. The van der Waals surface area contributed by atoms with E-state index in [9.17, 15) is 0 Å². The summed E-state index contributed by atoms with van der Waals surface area (Å²) in [6, 6.07) is 7.18. The van der Waals surface area contributed by atoms with Crippen molar-refractivity contribution in [2.24, 2.45) is 5.73 Å². The number of halogens is 1. The topological polar surface area (TPSA) is 80.5 Å². The fraction of sp³-hybridized carbons (Fsp3) is 0.100. The summed E-state index contributed by atoms with van der Waals surface area (Å²) in [7, 11) is 0. The lowest BCUT2D eigenvalue weighted by Crippen LogP contribution is -2.05. The number of rotatable bonds is 2. The Morgan fingerprint density at radius 3 is 2.94 bits per heavy atom. The van der Waals surface area contributed by atoms with Crippen LogP contribution in [0.1, 0.15) is 11.4 Å². The van der Waals surface area contributed by atoms with E-state index in [2.05, 4.69) is 10.1 Å². The SMILES string of the molecule is N#Cc1ncn(-c2cc(Cl)ccc2CN)n1. The Bertz CT molecular complexity index is 555. The lowest BCUT2D eigenvalue weighted by molar-refractivity contribution is 0.852. The van der Waals surface area contributed by atoms with Gasteiger partial charge in [0.15, 0.2) is 0 Å². The zero-order valence-electron chi connectivity index (χ0n) is 8.26. The minimum Gasteiger partial charge on any atom is -0.326 e. The zero-order valence-corrected chi connectivity index (χ0v) is 9.02. The van der Waals surface area contributed by atoms with Crippen molar-refractivity contribution in [3.8, 4) is 11.8 Å². The van der Waals surface area contributed by atoms with Crippen molar-refractivity contribution in [3.63, 3.8) is 0 Å². The van der Waals surface area contributed by atoms with Crippen LogP contribution in [0.3, 0.4) is 0 Å². The summed E-state index contributed by atoms with van der Waals surface area (Å²) in [6.45, 7) is 0.369. The average molecular weight is 234 g/mol. The van der Waals surface area contributed by atoms with E-state index in [4.69, 9.17) is 22.6 Å². The van der Waals surface area contributed by atoms with Crippen LogP contribution in [-0.2, 0) is 6.54 Å². The van der Waals surface area contributed by atoms with Gasteiger partial charge in [-0.1, -0.05) is 17.7 Å². The molecule has 0 saturated carbocycles. The standard InChI is InChI=1S/C10H8ClN5/c11-8-2-1-7(4-12)9(3-8)16-6-14-10(5-13)15-16/h1-3,6H,4,12H2. The first-order chi connectivity index (χ1) is 7.74. The second kappa shape index (κ2) is 4.31. The Hall–Kier alpha value is -1.90.